The Bertz CT molecular complexity index is 500. The lowest BCUT2D eigenvalue weighted by Gasteiger charge is -2.11. The van der Waals surface area contributed by atoms with E-state index in [2.05, 4.69) is 29.4 Å². The van der Waals surface area contributed by atoms with E-state index < -0.39 is 0 Å². The number of unbranched alkanes of at least 4 members (excludes halogenated alkanes) is 1. The monoisotopic (exact) mass is 288 g/mol. The highest BCUT2D eigenvalue weighted by atomic mass is 16.4. The molecule has 1 aromatic rings. The molecule has 2 rings (SSSR count). The largest absolute Gasteiger partial charge is 0.411 e. The lowest BCUT2D eigenvalue weighted by molar-refractivity contribution is 0.313. The van der Waals surface area contributed by atoms with Crippen LogP contribution in [-0.4, -0.2) is 21.8 Å². The molecule has 0 spiro atoms. The molecule has 1 saturated carbocycles. The zero-order valence-electron chi connectivity index (χ0n) is 12.6. The molecule has 21 heavy (non-hydrogen) atoms. The highest BCUT2D eigenvalue weighted by Crippen LogP contribution is 2.34. The first-order valence-electron chi connectivity index (χ1n) is 7.83. The lowest BCUT2D eigenvalue weighted by atomic mass is 9.94. The van der Waals surface area contributed by atoms with Gasteiger partial charge in [0.2, 0.25) is 0 Å². The van der Waals surface area contributed by atoms with Crippen molar-refractivity contribution in [3.8, 4) is 0 Å². The highest BCUT2D eigenvalue weighted by molar-refractivity contribution is 6.48. The summed E-state index contributed by atoms with van der Waals surface area (Å²) < 4.78 is 0. The van der Waals surface area contributed by atoms with Crippen LogP contribution < -0.4 is 0 Å². The van der Waals surface area contributed by atoms with E-state index in [1.54, 1.807) is 0 Å². The third-order valence-electron chi connectivity index (χ3n) is 4.27. The molecule has 0 bridgehead atoms. The summed E-state index contributed by atoms with van der Waals surface area (Å²) in [5, 5.41) is 25.0. The zero-order valence-corrected chi connectivity index (χ0v) is 12.6. The van der Waals surface area contributed by atoms with E-state index in [0.29, 0.717) is 23.8 Å². The van der Waals surface area contributed by atoms with Crippen LogP contribution in [0, 0.1) is 0 Å². The van der Waals surface area contributed by atoms with E-state index in [-0.39, 0.29) is 0 Å². The van der Waals surface area contributed by atoms with Gasteiger partial charge < -0.3 is 10.4 Å². The molecule has 0 atom stereocenters. The molecular weight excluding hydrogens is 264 g/mol. The molecule has 2 N–H and O–H groups in total. The lowest BCUT2D eigenvalue weighted by Crippen LogP contribution is -2.16. The van der Waals surface area contributed by atoms with E-state index in [1.165, 1.54) is 31.2 Å². The Morgan fingerprint density at radius 2 is 1.76 bits per heavy atom. The Morgan fingerprint density at radius 1 is 1.10 bits per heavy atom. The van der Waals surface area contributed by atoms with Crippen molar-refractivity contribution in [1.82, 2.24) is 0 Å². The van der Waals surface area contributed by atoms with Crippen molar-refractivity contribution in [2.45, 2.75) is 57.8 Å². The Morgan fingerprint density at radius 3 is 2.29 bits per heavy atom. The van der Waals surface area contributed by atoms with Crippen LogP contribution in [0.15, 0.2) is 34.6 Å². The second kappa shape index (κ2) is 7.81. The molecule has 0 amide bonds. The molecule has 0 aromatic heterocycles. The minimum atomic E-state index is 0.365. The van der Waals surface area contributed by atoms with Crippen molar-refractivity contribution >= 4 is 11.4 Å². The van der Waals surface area contributed by atoms with E-state index in [1.807, 2.05) is 12.1 Å². The van der Waals surface area contributed by atoms with Crippen molar-refractivity contribution < 1.29 is 10.4 Å². The highest BCUT2D eigenvalue weighted by Gasteiger charge is 2.18. The maximum absolute atomic E-state index is 9.26. The molecule has 4 nitrogen and oxygen atoms in total. The van der Waals surface area contributed by atoms with Gasteiger partial charge in [-0.1, -0.05) is 60.8 Å². The van der Waals surface area contributed by atoms with Gasteiger partial charge in [-0.25, -0.2) is 0 Å². The van der Waals surface area contributed by atoms with Gasteiger partial charge in [0.25, 0.3) is 0 Å². The number of benzene rings is 1. The number of nitrogens with zero attached hydrogens (tertiary/aromatic N) is 2. The summed E-state index contributed by atoms with van der Waals surface area (Å²) in [4.78, 5) is 0. The van der Waals surface area contributed by atoms with Gasteiger partial charge in [0.1, 0.15) is 11.4 Å². The van der Waals surface area contributed by atoms with Crippen LogP contribution in [0.3, 0.4) is 0 Å². The summed E-state index contributed by atoms with van der Waals surface area (Å²) in [6, 6.07) is 8.12. The summed E-state index contributed by atoms with van der Waals surface area (Å²) in [7, 11) is 0. The van der Waals surface area contributed by atoms with Gasteiger partial charge >= 0.3 is 0 Å². The molecule has 0 aliphatic heterocycles. The van der Waals surface area contributed by atoms with Crippen LogP contribution in [0.4, 0.5) is 0 Å². The van der Waals surface area contributed by atoms with Gasteiger partial charge in [-0.2, -0.15) is 0 Å². The van der Waals surface area contributed by atoms with Crippen LogP contribution in [0.2, 0.25) is 0 Å². The van der Waals surface area contributed by atoms with E-state index in [9.17, 15) is 5.21 Å². The summed E-state index contributed by atoms with van der Waals surface area (Å²) in [5.41, 5.74) is 2.95. The average Bonchev–Trinajstić information content (AvgIpc) is 3.06. The minimum absolute atomic E-state index is 0.365. The second-order valence-electron chi connectivity index (χ2n) is 5.70. The molecule has 0 saturated heterocycles. The quantitative estimate of drug-likeness (QED) is 0.458. The molecule has 0 radical (unpaired) electrons. The Balaban J connectivity index is 2.15. The number of rotatable bonds is 6. The van der Waals surface area contributed by atoms with Crippen LogP contribution in [0.25, 0.3) is 0 Å². The summed E-state index contributed by atoms with van der Waals surface area (Å²) >= 11 is 0. The zero-order chi connectivity index (χ0) is 15.1. The van der Waals surface area contributed by atoms with Gasteiger partial charge in [-0.05, 0) is 37.2 Å². The van der Waals surface area contributed by atoms with Crippen LogP contribution in [-0.2, 0) is 0 Å². The Hall–Kier alpha value is -1.84. The molecular formula is C17H24N2O2. The maximum Gasteiger partial charge on any atom is 0.134 e. The third-order valence-corrected chi connectivity index (χ3v) is 4.27. The topological polar surface area (TPSA) is 65.2 Å². The SMILES string of the molecule is CCCCC(=N/O)/C(=N\O)c1ccc(C2CCCC2)cc1. The first-order chi connectivity index (χ1) is 10.3. The third kappa shape index (κ3) is 3.84. The summed E-state index contributed by atoms with van der Waals surface area (Å²) in [6.07, 6.45) is 7.66. The Kier molecular flexibility index (Phi) is 5.78. The van der Waals surface area contributed by atoms with Crippen LogP contribution in [0.1, 0.15) is 68.9 Å². The smallest absolute Gasteiger partial charge is 0.134 e. The fourth-order valence-corrected chi connectivity index (χ4v) is 3.01. The van der Waals surface area contributed by atoms with Crippen LogP contribution in [0.5, 0.6) is 0 Å². The number of oxime groups is 2. The molecule has 1 aliphatic rings. The predicted molar refractivity (Wildman–Crippen MR) is 84.7 cm³/mol. The molecule has 0 unspecified atom stereocenters. The van der Waals surface area contributed by atoms with E-state index in [0.717, 1.165) is 18.4 Å². The first-order valence-corrected chi connectivity index (χ1v) is 7.83. The molecule has 4 heteroatoms. The molecule has 1 fully saturated rings. The second-order valence-corrected chi connectivity index (χ2v) is 5.70. The molecule has 114 valence electrons. The van der Waals surface area contributed by atoms with E-state index >= 15 is 0 Å². The molecule has 0 heterocycles. The van der Waals surface area contributed by atoms with E-state index in [4.69, 9.17) is 5.21 Å². The average molecular weight is 288 g/mol. The van der Waals surface area contributed by atoms with Crippen LogP contribution >= 0.6 is 0 Å². The van der Waals surface area contributed by atoms with Crippen molar-refractivity contribution in [2.24, 2.45) is 10.3 Å². The Labute approximate surface area is 126 Å². The number of hydrogen-bond acceptors (Lipinski definition) is 4. The molecule has 1 aromatic carbocycles. The standard InChI is InChI=1S/C17H24N2O2/c1-2-3-8-16(18-20)17(19-21)15-11-9-14(10-12-15)13-6-4-5-7-13/h9-13,20-21H,2-8H2,1H3/b18-16-,19-17-. The fourth-order valence-electron chi connectivity index (χ4n) is 3.01. The van der Waals surface area contributed by atoms with Crippen molar-refractivity contribution in [1.29, 1.82) is 0 Å². The van der Waals surface area contributed by atoms with Crippen molar-refractivity contribution in [3.05, 3.63) is 35.4 Å². The maximum atomic E-state index is 9.26. The van der Waals surface area contributed by atoms with Gasteiger partial charge in [0, 0.05) is 5.56 Å². The first kappa shape index (κ1) is 15.5. The normalized spacial score (nSPS) is 17.4. The van der Waals surface area contributed by atoms with Gasteiger partial charge in [-0.3, -0.25) is 0 Å². The summed E-state index contributed by atoms with van der Waals surface area (Å²) in [5.74, 6) is 0.666. The van der Waals surface area contributed by atoms with Gasteiger partial charge in [0.15, 0.2) is 0 Å². The van der Waals surface area contributed by atoms with Gasteiger partial charge in [-0.15, -0.1) is 0 Å². The van der Waals surface area contributed by atoms with Crippen molar-refractivity contribution in [3.63, 3.8) is 0 Å². The fraction of sp³-hybridized carbons (Fsp3) is 0.529. The molecule has 1 aliphatic carbocycles. The predicted octanol–water partition coefficient (Wildman–Crippen LogP) is 4.54. The minimum Gasteiger partial charge on any atom is -0.411 e. The van der Waals surface area contributed by atoms with Gasteiger partial charge in [0.05, 0.1) is 0 Å². The van der Waals surface area contributed by atoms with Crippen molar-refractivity contribution in [2.75, 3.05) is 0 Å². The number of hydrogen-bond donors (Lipinski definition) is 2. The summed E-state index contributed by atoms with van der Waals surface area (Å²) in [6.45, 7) is 2.07.